The molecule has 0 unspecified atom stereocenters. The van der Waals surface area contributed by atoms with E-state index in [1.54, 1.807) is 0 Å². The molecule has 2 aromatic carbocycles. The molecule has 0 spiro atoms. The van der Waals surface area contributed by atoms with Crippen molar-refractivity contribution in [2.24, 2.45) is 5.92 Å². The smallest absolute Gasteiger partial charge is 0.251 e. The molecule has 25 heavy (non-hydrogen) atoms. The van der Waals surface area contributed by atoms with Gasteiger partial charge in [0.05, 0.1) is 6.61 Å². The van der Waals surface area contributed by atoms with Crippen molar-refractivity contribution in [2.45, 2.75) is 25.3 Å². The van der Waals surface area contributed by atoms with Crippen LogP contribution in [0.3, 0.4) is 0 Å². The molecule has 1 atom stereocenters. The largest absolute Gasteiger partial charge is 0.381 e. The summed E-state index contributed by atoms with van der Waals surface area (Å²) in [7, 11) is 0. The van der Waals surface area contributed by atoms with Crippen LogP contribution in [0.1, 0.15) is 29.6 Å². The molecule has 0 aliphatic carbocycles. The van der Waals surface area contributed by atoms with E-state index in [4.69, 9.17) is 4.74 Å². The summed E-state index contributed by atoms with van der Waals surface area (Å²) in [4.78, 5) is 15.1. The summed E-state index contributed by atoms with van der Waals surface area (Å²) in [5.74, 6) is 0.747. The van der Waals surface area contributed by atoms with E-state index >= 15 is 0 Å². The number of nitrogens with one attached hydrogen (secondary N) is 1. The minimum atomic E-state index is 0.0494. The summed E-state index contributed by atoms with van der Waals surface area (Å²) in [5, 5.41) is 5.51. The Bertz CT molecular complexity index is 732. The van der Waals surface area contributed by atoms with Crippen molar-refractivity contribution in [3.05, 3.63) is 48.0 Å². The number of likely N-dealkylation sites (tertiary alicyclic amines) is 1. The lowest BCUT2D eigenvalue weighted by atomic mass is 10.0. The van der Waals surface area contributed by atoms with E-state index in [0.29, 0.717) is 5.92 Å². The third kappa shape index (κ3) is 4.02. The van der Waals surface area contributed by atoms with Gasteiger partial charge in [0.2, 0.25) is 0 Å². The van der Waals surface area contributed by atoms with Gasteiger partial charge in [0.1, 0.15) is 0 Å². The van der Waals surface area contributed by atoms with E-state index in [0.717, 1.165) is 56.6 Å². The third-order valence-corrected chi connectivity index (χ3v) is 5.47. The Labute approximate surface area is 149 Å². The van der Waals surface area contributed by atoms with Crippen LogP contribution in [0.2, 0.25) is 0 Å². The fraction of sp³-hybridized carbons (Fsp3) is 0.476. The van der Waals surface area contributed by atoms with Crippen LogP contribution in [0.4, 0.5) is 0 Å². The molecule has 2 saturated heterocycles. The quantitative estimate of drug-likeness (QED) is 0.931. The van der Waals surface area contributed by atoms with Gasteiger partial charge >= 0.3 is 0 Å². The number of amides is 1. The van der Waals surface area contributed by atoms with Gasteiger partial charge in [-0.3, -0.25) is 4.79 Å². The number of hydrogen-bond donors (Lipinski definition) is 1. The number of carbonyl (C=O) groups is 1. The molecule has 4 nitrogen and oxygen atoms in total. The molecular weight excluding hydrogens is 312 g/mol. The lowest BCUT2D eigenvalue weighted by Crippen LogP contribution is -2.45. The number of fused-ring (bicyclic) bond motifs is 1. The highest BCUT2D eigenvalue weighted by Crippen LogP contribution is 2.19. The van der Waals surface area contributed by atoms with Crippen molar-refractivity contribution in [3.63, 3.8) is 0 Å². The molecule has 1 N–H and O–H groups in total. The number of hydrogen-bond acceptors (Lipinski definition) is 3. The lowest BCUT2D eigenvalue weighted by Gasteiger charge is -2.33. The zero-order valence-electron chi connectivity index (χ0n) is 14.6. The summed E-state index contributed by atoms with van der Waals surface area (Å²) < 4.78 is 5.47. The number of benzene rings is 2. The van der Waals surface area contributed by atoms with Gasteiger partial charge in [-0.25, -0.2) is 0 Å². The van der Waals surface area contributed by atoms with E-state index in [-0.39, 0.29) is 11.9 Å². The molecule has 0 saturated carbocycles. The maximum absolute atomic E-state index is 12.6. The number of nitrogens with zero attached hydrogens (tertiary/aromatic N) is 1. The van der Waals surface area contributed by atoms with E-state index in [2.05, 4.69) is 22.3 Å². The Morgan fingerprint density at radius 3 is 2.64 bits per heavy atom. The second kappa shape index (κ2) is 7.54. The first-order valence-electron chi connectivity index (χ1n) is 9.38. The maximum atomic E-state index is 12.6. The minimum Gasteiger partial charge on any atom is -0.381 e. The standard InChI is InChI=1S/C21H26N2O2/c24-21(19-6-5-17-3-1-2-4-18(17)13-19)22-20-7-10-23(11-8-20)14-16-9-12-25-15-16/h1-6,13,16,20H,7-12,14-15H2,(H,22,24)/t16-/m0/s1. The molecular formula is C21H26N2O2. The second-order valence-electron chi connectivity index (χ2n) is 7.34. The molecule has 1 amide bonds. The molecule has 2 aliphatic rings. The Morgan fingerprint density at radius 1 is 1.08 bits per heavy atom. The first kappa shape index (κ1) is 16.6. The number of carbonyl (C=O) groups excluding carboxylic acids is 1. The Balaban J connectivity index is 1.30. The average Bonchev–Trinajstić information content (AvgIpc) is 3.16. The van der Waals surface area contributed by atoms with Crippen molar-refractivity contribution < 1.29 is 9.53 Å². The van der Waals surface area contributed by atoms with E-state index < -0.39 is 0 Å². The topological polar surface area (TPSA) is 41.6 Å². The SMILES string of the molecule is O=C(NC1CCN(C[C@@H]2CCOC2)CC1)c1ccc2ccccc2c1. The van der Waals surface area contributed by atoms with Gasteiger partial charge in [-0.05, 0) is 48.1 Å². The predicted molar refractivity (Wildman–Crippen MR) is 99.8 cm³/mol. The summed E-state index contributed by atoms with van der Waals surface area (Å²) in [6, 6.07) is 14.4. The van der Waals surface area contributed by atoms with Crippen molar-refractivity contribution in [2.75, 3.05) is 32.8 Å². The molecule has 4 rings (SSSR count). The van der Waals surface area contributed by atoms with Gasteiger partial charge < -0.3 is 15.0 Å². The van der Waals surface area contributed by atoms with Gasteiger partial charge in [-0.1, -0.05) is 30.3 Å². The van der Waals surface area contributed by atoms with Gasteiger partial charge in [0, 0.05) is 37.8 Å². The van der Waals surface area contributed by atoms with Crippen LogP contribution in [0.15, 0.2) is 42.5 Å². The summed E-state index contributed by atoms with van der Waals surface area (Å²) >= 11 is 0. The third-order valence-electron chi connectivity index (χ3n) is 5.47. The Hall–Kier alpha value is -1.91. The molecule has 4 heteroatoms. The summed E-state index contributed by atoms with van der Waals surface area (Å²) in [6.45, 7) is 5.12. The van der Waals surface area contributed by atoms with Gasteiger partial charge in [-0.15, -0.1) is 0 Å². The second-order valence-corrected chi connectivity index (χ2v) is 7.34. The predicted octanol–water partition coefficient (Wildman–Crippen LogP) is 3.07. The zero-order chi connectivity index (χ0) is 17.1. The number of piperidine rings is 1. The molecule has 0 bridgehead atoms. The van der Waals surface area contributed by atoms with Gasteiger partial charge in [-0.2, -0.15) is 0 Å². The highest BCUT2D eigenvalue weighted by Gasteiger charge is 2.24. The van der Waals surface area contributed by atoms with Crippen LogP contribution in [0.5, 0.6) is 0 Å². The molecule has 0 aromatic heterocycles. The average molecular weight is 338 g/mol. The molecule has 2 fully saturated rings. The summed E-state index contributed by atoms with van der Waals surface area (Å²) in [6.07, 6.45) is 3.26. The number of ether oxygens (including phenoxy) is 1. The van der Waals surface area contributed by atoms with E-state index in [1.807, 2.05) is 30.3 Å². The van der Waals surface area contributed by atoms with Crippen molar-refractivity contribution >= 4 is 16.7 Å². The Morgan fingerprint density at radius 2 is 1.88 bits per heavy atom. The number of rotatable bonds is 4. The monoisotopic (exact) mass is 338 g/mol. The first-order valence-corrected chi connectivity index (χ1v) is 9.38. The molecule has 132 valence electrons. The summed E-state index contributed by atoms with van der Waals surface area (Å²) in [5.41, 5.74) is 0.754. The minimum absolute atomic E-state index is 0.0494. The molecule has 2 heterocycles. The van der Waals surface area contributed by atoms with Crippen LogP contribution in [-0.4, -0.2) is 49.7 Å². The van der Waals surface area contributed by atoms with Crippen molar-refractivity contribution in [1.82, 2.24) is 10.2 Å². The van der Waals surface area contributed by atoms with Crippen molar-refractivity contribution in [3.8, 4) is 0 Å². The van der Waals surface area contributed by atoms with Gasteiger partial charge in [0.15, 0.2) is 0 Å². The highest BCUT2D eigenvalue weighted by molar-refractivity contribution is 5.98. The maximum Gasteiger partial charge on any atom is 0.251 e. The van der Waals surface area contributed by atoms with Crippen LogP contribution < -0.4 is 5.32 Å². The van der Waals surface area contributed by atoms with Crippen LogP contribution >= 0.6 is 0 Å². The molecule has 0 radical (unpaired) electrons. The first-order chi connectivity index (χ1) is 12.3. The van der Waals surface area contributed by atoms with E-state index in [1.165, 1.54) is 11.8 Å². The zero-order valence-corrected chi connectivity index (χ0v) is 14.6. The van der Waals surface area contributed by atoms with Gasteiger partial charge in [0.25, 0.3) is 5.91 Å². The Kier molecular flexibility index (Phi) is 4.99. The fourth-order valence-electron chi connectivity index (χ4n) is 3.95. The van der Waals surface area contributed by atoms with Crippen molar-refractivity contribution in [1.29, 1.82) is 0 Å². The molecule has 2 aliphatic heterocycles. The molecule has 2 aromatic rings. The van der Waals surface area contributed by atoms with Crippen LogP contribution in [0, 0.1) is 5.92 Å². The van der Waals surface area contributed by atoms with E-state index in [9.17, 15) is 4.79 Å². The fourth-order valence-corrected chi connectivity index (χ4v) is 3.95. The normalized spacial score (nSPS) is 22.3. The lowest BCUT2D eigenvalue weighted by molar-refractivity contribution is 0.0903. The van der Waals surface area contributed by atoms with Crippen LogP contribution in [-0.2, 0) is 4.74 Å². The highest BCUT2D eigenvalue weighted by atomic mass is 16.5. The van der Waals surface area contributed by atoms with Crippen LogP contribution in [0.25, 0.3) is 10.8 Å².